The predicted molar refractivity (Wildman–Crippen MR) is 101 cm³/mol. The zero-order valence-electron chi connectivity index (χ0n) is 13.5. The molecule has 0 aliphatic carbocycles. The van der Waals surface area contributed by atoms with Gasteiger partial charge < -0.3 is 10.1 Å². The van der Waals surface area contributed by atoms with Crippen LogP contribution >= 0.6 is 15.9 Å². The van der Waals surface area contributed by atoms with Gasteiger partial charge in [0.25, 0.3) is 0 Å². The minimum Gasteiger partial charge on any atom is -0.489 e. The Morgan fingerprint density at radius 2 is 2.12 bits per heavy atom. The molecule has 0 amide bonds. The standard InChI is InChI=1S/C19H17BrN4O/c20-17-2-3-18-16(10-17)8-15(13-25-18)12-21-11-14-4-6-22-19(9-14)24-7-1-5-23-24/h1-10,21H,11-13H2. The third-order valence-corrected chi connectivity index (χ3v) is 4.47. The van der Waals surface area contributed by atoms with Gasteiger partial charge in [-0.25, -0.2) is 9.67 Å². The predicted octanol–water partition coefficient (Wildman–Crippen LogP) is 3.60. The quantitative estimate of drug-likeness (QED) is 0.715. The molecule has 1 aliphatic rings. The highest BCUT2D eigenvalue weighted by molar-refractivity contribution is 9.10. The molecule has 0 fully saturated rings. The van der Waals surface area contributed by atoms with Crippen LogP contribution in [0.3, 0.4) is 0 Å². The lowest BCUT2D eigenvalue weighted by atomic mass is 10.1. The maximum Gasteiger partial charge on any atom is 0.153 e. The fourth-order valence-corrected chi connectivity index (χ4v) is 3.14. The normalized spacial score (nSPS) is 13.1. The second-order valence-corrected chi connectivity index (χ2v) is 6.77. The summed E-state index contributed by atoms with van der Waals surface area (Å²) < 4.78 is 8.63. The van der Waals surface area contributed by atoms with E-state index in [0.717, 1.165) is 34.7 Å². The lowest BCUT2D eigenvalue weighted by Crippen LogP contribution is -2.21. The van der Waals surface area contributed by atoms with E-state index in [1.165, 1.54) is 11.1 Å². The smallest absolute Gasteiger partial charge is 0.153 e. The van der Waals surface area contributed by atoms with Crippen molar-refractivity contribution in [2.75, 3.05) is 13.2 Å². The van der Waals surface area contributed by atoms with Crippen LogP contribution in [0.1, 0.15) is 11.1 Å². The number of nitrogens with one attached hydrogen (secondary N) is 1. The van der Waals surface area contributed by atoms with E-state index in [1.807, 2.05) is 42.7 Å². The van der Waals surface area contributed by atoms with Crippen LogP contribution in [-0.2, 0) is 6.54 Å². The van der Waals surface area contributed by atoms with E-state index in [9.17, 15) is 0 Å². The molecule has 6 heteroatoms. The zero-order chi connectivity index (χ0) is 17.1. The van der Waals surface area contributed by atoms with Crippen molar-refractivity contribution >= 4 is 22.0 Å². The molecule has 3 heterocycles. The molecule has 0 bridgehead atoms. The number of benzene rings is 1. The van der Waals surface area contributed by atoms with Crippen LogP contribution in [0.2, 0.25) is 0 Å². The van der Waals surface area contributed by atoms with Crippen LogP contribution in [0.5, 0.6) is 5.75 Å². The molecule has 25 heavy (non-hydrogen) atoms. The Bertz CT molecular complexity index is 906. The summed E-state index contributed by atoms with van der Waals surface area (Å²) in [6, 6.07) is 12.0. The summed E-state index contributed by atoms with van der Waals surface area (Å²) in [5.74, 6) is 1.76. The number of halogens is 1. The lowest BCUT2D eigenvalue weighted by Gasteiger charge is -2.18. The van der Waals surface area contributed by atoms with Gasteiger partial charge in [-0.1, -0.05) is 15.9 Å². The molecule has 5 nitrogen and oxygen atoms in total. The van der Waals surface area contributed by atoms with Crippen molar-refractivity contribution in [2.24, 2.45) is 0 Å². The number of aromatic nitrogens is 3. The first-order valence-electron chi connectivity index (χ1n) is 8.05. The summed E-state index contributed by atoms with van der Waals surface area (Å²) in [7, 11) is 0. The molecule has 1 aliphatic heterocycles. The van der Waals surface area contributed by atoms with Crippen LogP contribution in [0.4, 0.5) is 0 Å². The van der Waals surface area contributed by atoms with Gasteiger partial charge in [0, 0.05) is 41.7 Å². The van der Waals surface area contributed by atoms with Crippen molar-refractivity contribution in [3.05, 3.63) is 76.2 Å². The zero-order valence-corrected chi connectivity index (χ0v) is 15.1. The Hall–Kier alpha value is -2.44. The molecule has 3 aromatic rings. The van der Waals surface area contributed by atoms with Crippen molar-refractivity contribution in [2.45, 2.75) is 6.54 Å². The number of nitrogens with zero attached hydrogens (tertiary/aromatic N) is 3. The summed E-state index contributed by atoms with van der Waals surface area (Å²) in [4.78, 5) is 4.35. The van der Waals surface area contributed by atoms with E-state index < -0.39 is 0 Å². The monoisotopic (exact) mass is 396 g/mol. The van der Waals surface area contributed by atoms with Gasteiger partial charge in [0.05, 0.1) is 0 Å². The topological polar surface area (TPSA) is 52.0 Å². The number of pyridine rings is 1. The molecule has 0 saturated carbocycles. The molecular weight excluding hydrogens is 380 g/mol. The van der Waals surface area contributed by atoms with Gasteiger partial charge in [-0.15, -0.1) is 0 Å². The number of rotatable bonds is 5. The van der Waals surface area contributed by atoms with Crippen molar-refractivity contribution in [3.63, 3.8) is 0 Å². The number of hydrogen-bond acceptors (Lipinski definition) is 4. The van der Waals surface area contributed by atoms with Crippen LogP contribution in [0.25, 0.3) is 11.9 Å². The van der Waals surface area contributed by atoms with E-state index in [4.69, 9.17) is 4.74 Å². The summed E-state index contributed by atoms with van der Waals surface area (Å²) in [5, 5.41) is 7.69. The molecule has 0 unspecified atom stereocenters. The van der Waals surface area contributed by atoms with E-state index in [-0.39, 0.29) is 0 Å². The molecule has 2 aromatic heterocycles. The Morgan fingerprint density at radius 3 is 3.00 bits per heavy atom. The maximum absolute atomic E-state index is 5.81. The van der Waals surface area contributed by atoms with E-state index in [1.54, 1.807) is 10.9 Å². The van der Waals surface area contributed by atoms with Crippen molar-refractivity contribution in [3.8, 4) is 11.6 Å². The molecule has 0 radical (unpaired) electrons. The molecule has 1 N–H and O–H groups in total. The maximum atomic E-state index is 5.81. The second-order valence-electron chi connectivity index (χ2n) is 5.85. The van der Waals surface area contributed by atoms with Gasteiger partial charge in [-0.05, 0) is 53.6 Å². The van der Waals surface area contributed by atoms with E-state index in [2.05, 4.69) is 43.5 Å². The summed E-state index contributed by atoms with van der Waals surface area (Å²) in [5.41, 5.74) is 3.51. The summed E-state index contributed by atoms with van der Waals surface area (Å²) in [6.45, 7) is 2.17. The third kappa shape index (κ3) is 3.81. The third-order valence-electron chi connectivity index (χ3n) is 3.97. The van der Waals surface area contributed by atoms with Crippen LogP contribution < -0.4 is 10.1 Å². The fourth-order valence-electron chi connectivity index (χ4n) is 2.77. The Kier molecular flexibility index (Phi) is 4.63. The van der Waals surface area contributed by atoms with Gasteiger partial charge in [0.15, 0.2) is 5.82 Å². The fraction of sp³-hybridized carbons (Fsp3) is 0.158. The number of hydrogen-bond donors (Lipinski definition) is 1. The van der Waals surface area contributed by atoms with Crippen LogP contribution in [0.15, 0.2) is 65.0 Å². The highest BCUT2D eigenvalue weighted by atomic mass is 79.9. The summed E-state index contributed by atoms with van der Waals surface area (Å²) >= 11 is 3.50. The molecular formula is C19H17BrN4O. The van der Waals surface area contributed by atoms with Gasteiger partial charge in [0.1, 0.15) is 12.4 Å². The minimum atomic E-state index is 0.622. The summed E-state index contributed by atoms with van der Waals surface area (Å²) in [6.07, 6.45) is 7.64. The largest absolute Gasteiger partial charge is 0.489 e. The first-order chi connectivity index (χ1) is 12.3. The Labute approximate surface area is 154 Å². The first-order valence-corrected chi connectivity index (χ1v) is 8.85. The van der Waals surface area contributed by atoms with Gasteiger partial charge in [0.2, 0.25) is 0 Å². The second kappa shape index (κ2) is 7.21. The average molecular weight is 397 g/mol. The average Bonchev–Trinajstić information content (AvgIpc) is 3.16. The van der Waals surface area contributed by atoms with Crippen LogP contribution in [-0.4, -0.2) is 27.9 Å². The highest BCUT2D eigenvalue weighted by Gasteiger charge is 2.11. The molecule has 4 rings (SSSR count). The van der Waals surface area contributed by atoms with Gasteiger partial charge in [-0.3, -0.25) is 0 Å². The van der Waals surface area contributed by atoms with Gasteiger partial charge in [-0.2, -0.15) is 5.10 Å². The van der Waals surface area contributed by atoms with E-state index in [0.29, 0.717) is 6.61 Å². The molecule has 0 spiro atoms. The minimum absolute atomic E-state index is 0.622. The van der Waals surface area contributed by atoms with E-state index >= 15 is 0 Å². The van der Waals surface area contributed by atoms with Crippen molar-refractivity contribution in [1.29, 1.82) is 0 Å². The first kappa shape index (κ1) is 16.1. The highest BCUT2D eigenvalue weighted by Crippen LogP contribution is 2.28. The SMILES string of the molecule is Brc1ccc2c(c1)C=C(CNCc1ccnc(-n3cccn3)c1)CO2. The lowest BCUT2D eigenvalue weighted by molar-refractivity contribution is 0.343. The molecule has 0 atom stereocenters. The Balaban J connectivity index is 1.39. The number of fused-ring (bicyclic) bond motifs is 1. The van der Waals surface area contributed by atoms with Gasteiger partial charge >= 0.3 is 0 Å². The van der Waals surface area contributed by atoms with Crippen molar-refractivity contribution < 1.29 is 4.74 Å². The van der Waals surface area contributed by atoms with Crippen molar-refractivity contribution in [1.82, 2.24) is 20.1 Å². The molecule has 126 valence electrons. The Morgan fingerprint density at radius 1 is 1.16 bits per heavy atom. The molecule has 0 saturated heterocycles. The number of ether oxygens (including phenoxy) is 1. The van der Waals surface area contributed by atoms with Crippen LogP contribution in [0, 0.1) is 0 Å². The molecule has 1 aromatic carbocycles.